The maximum absolute atomic E-state index is 12.0. The summed E-state index contributed by atoms with van der Waals surface area (Å²) in [5, 5.41) is 2.85. The number of aromatic amines is 1. The van der Waals surface area contributed by atoms with Crippen LogP contribution >= 0.6 is 0 Å². The van der Waals surface area contributed by atoms with Crippen LogP contribution in [0.15, 0.2) is 48.7 Å². The highest BCUT2D eigenvalue weighted by Crippen LogP contribution is 2.27. The lowest BCUT2D eigenvalue weighted by Gasteiger charge is -2.11. The summed E-state index contributed by atoms with van der Waals surface area (Å²) in [4.78, 5) is 31.7. The predicted molar refractivity (Wildman–Crippen MR) is 101 cm³/mol. The van der Waals surface area contributed by atoms with Gasteiger partial charge < -0.3 is 15.0 Å². The molecule has 1 aliphatic rings. The molecule has 6 heteroatoms. The molecule has 136 valence electrons. The topological polar surface area (TPSA) is 84.1 Å². The Morgan fingerprint density at radius 1 is 1.19 bits per heavy atom. The number of amides is 1. The van der Waals surface area contributed by atoms with E-state index >= 15 is 0 Å². The van der Waals surface area contributed by atoms with E-state index in [1.165, 1.54) is 0 Å². The average Bonchev–Trinajstić information content (AvgIpc) is 3.14. The van der Waals surface area contributed by atoms with Crippen molar-refractivity contribution >= 4 is 11.9 Å². The first kappa shape index (κ1) is 17.0. The fourth-order valence-electron chi connectivity index (χ4n) is 3.22. The molecular weight excluding hydrogens is 342 g/mol. The molecule has 0 atom stereocenters. The highest BCUT2D eigenvalue weighted by atomic mass is 16.5. The molecular formula is C21H19N3O3. The number of carbonyl (C=O) groups is 2. The number of esters is 1. The van der Waals surface area contributed by atoms with Crippen molar-refractivity contribution in [2.24, 2.45) is 0 Å². The van der Waals surface area contributed by atoms with Crippen LogP contribution in [0.2, 0.25) is 0 Å². The van der Waals surface area contributed by atoms with Gasteiger partial charge in [-0.3, -0.25) is 9.78 Å². The molecule has 0 fully saturated rings. The monoisotopic (exact) mass is 361 g/mol. The lowest BCUT2D eigenvalue weighted by Crippen LogP contribution is -2.31. The Morgan fingerprint density at radius 3 is 2.89 bits per heavy atom. The van der Waals surface area contributed by atoms with E-state index in [1.54, 1.807) is 25.3 Å². The normalized spacial score (nSPS) is 13.0. The van der Waals surface area contributed by atoms with Crippen molar-refractivity contribution in [1.82, 2.24) is 15.3 Å². The van der Waals surface area contributed by atoms with Gasteiger partial charge in [-0.2, -0.15) is 0 Å². The molecule has 0 spiro atoms. The molecule has 0 saturated carbocycles. The Bertz CT molecular complexity index is 1020. The molecule has 4 rings (SSSR count). The molecule has 0 aliphatic carbocycles. The summed E-state index contributed by atoms with van der Waals surface area (Å²) < 4.78 is 5.07. The first-order valence-corrected chi connectivity index (χ1v) is 8.90. The molecule has 2 aromatic heterocycles. The summed E-state index contributed by atoms with van der Waals surface area (Å²) in [6.07, 6.45) is 2.52. The number of pyridine rings is 1. The van der Waals surface area contributed by atoms with Crippen LogP contribution in [-0.2, 0) is 11.2 Å². The Kier molecular flexibility index (Phi) is 4.46. The Balaban J connectivity index is 1.69. The Hall–Kier alpha value is -3.41. The van der Waals surface area contributed by atoms with E-state index in [0.717, 1.165) is 34.6 Å². The molecule has 0 unspecified atom stereocenters. The van der Waals surface area contributed by atoms with Gasteiger partial charge in [-0.25, -0.2) is 4.79 Å². The van der Waals surface area contributed by atoms with E-state index in [9.17, 15) is 9.59 Å². The molecule has 27 heavy (non-hydrogen) atoms. The van der Waals surface area contributed by atoms with Gasteiger partial charge in [0.15, 0.2) is 0 Å². The number of aromatic nitrogens is 2. The Morgan fingerprint density at radius 2 is 2.07 bits per heavy atom. The van der Waals surface area contributed by atoms with Gasteiger partial charge >= 0.3 is 5.97 Å². The molecule has 6 nitrogen and oxygen atoms in total. The number of nitrogens with one attached hydrogen (secondary N) is 2. The Labute approximate surface area is 156 Å². The van der Waals surface area contributed by atoms with Crippen molar-refractivity contribution in [3.63, 3.8) is 0 Å². The molecule has 1 amide bonds. The van der Waals surface area contributed by atoms with Crippen molar-refractivity contribution in [3.8, 4) is 22.5 Å². The van der Waals surface area contributed by atoms with Crippen molar-refractivity contribution in [2.45, 2.75) is 13.3 Å². The fraction of sp³-hybridized carbons (Fsp3) is 0.190. The second-order valence-corrected chi connectivity index (χ2v) is 6.31. The van der Waals surface area contributed by atoms with Crippen LogP contribution in [0.3, 0.4) is 0 Å². The SMILES string of the molecule is CCOC(=O)c1cccc(-c2cc(-c3cc4c([nH]3)CCNC4=O)ccn2)c1. The summed E-state index contributed by atoms with van der Waals surface area (Å²) in [5.41, 5.74) is 5.53. The van der Waals surface area contributed by atoms with E-state index in [2.05, 4.69) is 15.3 Å². The van der Waals surface area contributed by atoms with E-state index < -0.39 is 0 Å². The minimum atomic E-state index is -0.349. The largest absolute Gasteiger partial charge is 0.462 e. The third-order valence-electron chi connectivity index (χ3n) is 4.54. The van der Waals surface area contributed by atoms with E-state index in [-0.39, 0.29) is 11.9 Å². The zero-order valence-electron chi connectivity index (χ0n) is 14.9. The second-order valence-electron chi connectivity index (χ2n) is 6.31. The van der Waals surface area contributed by atoms with Crippen LogP contribution in [0.1, 0.15) is 33.3 Å². The van der Waals surface area contributed by atoms with Crippen LogP contribution in [0.5, 0.6) is 0 Å². The van der Waals surface area contributed by atoms with Crippen molar-refractivity contribution in [2.75, 3.05) is 13.2 Å². The molecule has 0 radical (unpaired) electrons. The zero-order valence-corrected chi connectivity index (χ0v) is 14.9. The van der Waals surface area contributed by atoms with E-state index in [1.807, 2.05) is 30.3 Å². The summed E-state index contributed by atoms with van der Waals surface area (Å²) in [6, 6.07) is 12.9. The van der Waals surface area contributed by atoms with Crippen LogP contribution in [0.4, 0.5) is 0 Å². The molecule has 0 saturated heterocycles. The third kappa shape index (κ3) is 3.33. The standard InChI is InChI=1S/C21H19N3O3/c1-2-27-21(26)15-5-3-4-13(10-15)18-11-14(6-8-22-18)19-12-16-17(24-19)7-9-23-20(16)25/h3-6,8,10-12,24H,2,7,9H2,1H3,(H,23,25). The predicted octanol–water partition coefficient (Wildman–Crippen LogP) is 3.21. The van der Waals surface area contributed by atoms with Gasteiger partial charge in [-0.1, -0.05) is 12.1 Å². The maximum Gasteiger partial charge on any atom is 0.338 e. The van der Waals surface area contributed by atoms with E-state index in [0.29, 0.717) is 24.3 Å². The average molecular weight is 361 g/mol. The number of fused-ring (bicyclic) bond motifs is 1. The second kappa shape index (κ2) is 7.07. The third-order valence-corrected chi connectivity index (χ3v) is 4.54. The van der Waals surface area contributed by atoms with Gasteiger partial charge in [-0.15, -0.1) is 0 Å². The molecule has 2 N–H and O–H groups in total. The number of carbonyl (C=O) groups excluding carboxylic acids is 2. The minimum absolute atomic E-state index is 0.0461. The van der Waals surface area contributed by atoms with Crippen molar-refractivity contribution in [3.05, 3.63) is 65.5 Å². The van der Waals surface area contributed by atoms with Gasteiger partial charge in [-0.05, 0) is 37.3 Å². The van der Waals surface area contributed by atoms with Crippen molar-refractivity contribution < 1.29 is 14.3 Å². The number of hydrogen-bond acceptors (Lipinski definition) is 4. The van der Waals surface area contributed by atoms with Gasteiger partial charge in [0, 0.05) is 41.7 Å². The van der Waals surface area contributed by atoms with Gasteiger partial charge in [0.25, 0.3) is 5.91 Å². The van der Waals surface area contributed by atoms with Crippen LogP contribution < -0.4 is 5.32 Å². The number of nitrogens with zero attached hydrogens (tertiary/aromatic N) is 1. The van der Waals surface area contributed by atoms with Gasteiger partial charge in [0.2, 0.25) is 0 Å². The smallest absolute Gasteiger partial charge is 0.338 e. The quantitative estimate of drug-likeness (QED) is 0.699. The lowest BCUT2D eigenvalue weighted by molar-refractivity contribution is 0.0526. The lowest BCUT2D eigenvalue weighted by atomic mass is 10.0. The summed E-state index contributed by atoms with van der Waals surface area (Å²) in [6.45, 7) is 2.76. The highest BCUT2D eigenvalue weighted by Gasteiger charge is 2.20. The number of rotatable bonds is 4. The van der Waals surface area contributed by atoms with E-state index in [4.69, 9.17) is 4.74 Å². The molecule has 3 aromatic rings. The molecule has 1 aliphatic heterocycles. The first-order valence-electron chi connectivity index (χ1n) is 8.90. The number of benzene rings is 1. The number of ether oxygens (including phenoxy) is 1. The maximum atomic E-state index is 12.0. The summed E-state index contributed by atoms with van der Waals surface area (Å²) >= 11 is 0. The van der Waals surface area contributed by atoms with Crippen LogP contribution in [-0.4, -0.2) is 35.0 Å². The summed E-state index contributed by atoms with van der Waals surface area (Å²) in [7, 11) is 0. The molecule has 0 bridgehead atoms. The van der Waals surface area contributed by atoms with Crippen LogP contribution in [0.25, 0.3) is 22.5 Å². The first-order chi connectivity index (χ1) is 13.2. The van der Waals surface area contributed by atoms with Crippen LogP contribution in [0, 0.1) is 0 Å². The van der Waals surface area contributed by atoms with Gasteiger partial charge in [0.05, 0.1) is 23.4 Å². The minimum Gasteiger partial charge on any atom is -0.462 e. The molecule has 3 heterocycles. The highest BCUT2D eigenvalue weighted by molar-refractivity contribution is 5.98. The molecule has 1 aromatic carbocycles. The van der Waals surface area contributed by atoms with Gasteiger partial charge in [0.1, 0.15) is 0 Å². The number of hydrogen-bond donors (Lipinski definition) is 2. The zero-order chi connectivity index (χ0) is 18.8. The fourth-order valence-corrected chi connectivity index (χ4v) is 3.22. The van der Waals surface area contributed by atoms with Crippen molar-refractivity contribution in [1.29, 1.82) is 0 Å². The summed E-state index contributed by atoms with van der Waals surface area (Å²) in [5.74, 6) is -0.395. The number of H-pyrrole nitrogens is 1.